The first-order valence-electron chi connectivity index (χ1n) is 6.48. The topological polar surface area (TPSA) is 17.1 Å². The Bertz CT molecular complexity index is 456. The first kappa shape index (κ1) is 14.3. The van der Waals surface area contributed by atoms with E-state index in [4.69, 9.17) is 0 Å². The predicted molar refractivity (Wildman–Crippen MR) is 81.8 cm³/mol. The van der Waals surface area contributed by atoms with Gasteiger partial charge in [0.25, 0.3) is 0 Å². The van der Waals surface area contributed by atoms with Gasteiger partial charge in [0.2, 0.25) is 0 Å². The third-order valence-electron chi connectivity index (χ3n) is 4.16. The van der Waals surface area contributed by atoms with Gasteiger partial charge in [-0.2, -0.15) is 0 Å². The molecule has 3 atom stereocenters. The summed E-state index contributed by atoms with van der Waals surface area (Å²) in [5, 5.41) is 0. The molecule has 3 heteroatoms. The molecule has 0 aromatic heterocycles. The summed E-state index contributed by atoms with van der Waals surface area (Å²) in [6.07, 6.45) is 3.23. The van der Waals surface area contributed by atoms with E-state index >= 15 is 0 Å². The average Bonchev–Trinajstić information content (AvgIpc) is 2.35. The maximum absolute atomic E-state index is 12.6. The molecule has 0 saturated heterocycles. The SMILES string of the molecule is CC1CCC(C(=O)c2cc(Br)ccc2Br)CC1C. The van der Waals surface area contributed by atoms with E-state index in [2.05, 4.69) is 45.7 Å². The quantitative estimate of drug-likeness (QED) is 0.628. The molecule has 0 N–H and O–H groups in total. The highest BCUT2D eigenvalue weighted by Crippen LogP contribution is 2.36. The Kier molecular flexibility index (Phi) is 4.65. The zero-order valence-corrected chi connectivity index (χ0v) is 13.9. The van der Waals surface area contributed by atoms with Crippen molar-refractivity contribution in [2.75, 3.05) is 0 Å². The number of hydrogen-bond acceptors (Lipinski definition) is 1. The number of hydrogen-bond donors (Lipinski definition) is 0. The van der Waals surface area contributed by atoms with Crippen LogP contribution in [0.2, 0.25) is 0 Å². The van der Waals surface area contributed by atoms with E-state index in [1.54, 1.807) is 0 Å². The second-order valence-corrected chi connectivity index (χ2v) is 7.22. The Morgan fingerprint density at radius 2 is 1.89 bits per heavy atom. The number of Topliss-reactive ketones (excluding diaryl/α,β-unsaturated/α-hetero) is 1. The lowest BCUT2D eigenvalue weighted by atomic mass is 9.73. The maximum Gasteiger partial charge on any atom is 0.167 e. The molecule has 1 fully saturated rings. The van der Waals surface area contributed by atoms with Crippen LogP contribution in [0.1, 0.15) is 43.5 Å². The minimum absolute atomic E-state index is 0.196. The standard InChI is InChI=1S/C15H18Br2O/c1-9-3-4-11(7-10(9)2)15(18)13-8-12(16)5-6-14(13)17/h5-6,8-11H,3-4,7H2,1-2H3. The minimum atomic E-state index is 0.196. The Labute approximate surface area is 126 Å². The second kappa shape index (κ2) is 5.87. The molecule has 3 unspecified atom stereocenters. The van der Waals surface area contributed by atoms with Crippen LogP contribution in [0.4, 0.5) is 0 Å². The number of ketones is 1. The fraction of sp³-hybridized carbons (Fsp3) is 0.533. The van der Waals surface area contributed by atoms with Gasteiger partial charge in [-0.05, 0) is 49.3 Å². The van der Waals surface area contributed by atoms with Crippen molar-refractivity contribution in [1.82, 2.24) is 0 Å². The molecule has 1 nitrogen and oxygen atoms in total. The lowest BCUT2D eigenvalue weighted by molar-refractivity contribution is 0.0836. The van der Waals surface area contributed by atoms with Gasteiger partial charge in [-0.25, -0.2) is 0 Å². The van der Waals surface area contributed by atoms with Gasteiger partial charge in [0, 0.05) is 20.4 Å². The van der Waals surface area contributed by atoms with Crippen LogP contribution in [-0.2, 0) is 0 Å². The fourth-order valence-corrected chi connectivity index (χ4v) is 3.50. The lowest BCUT2D eigenvalue weighted by Crippen LogP contribution is -2.26. The summed E-state index contributed by atoms with van der Waals surface area (Å²) in [5.74, 6) is 1.89. The van der Waals surface area contributed by atoms with Gasteiger partial charge in [0.05, 0.1) is 0 Å². The van der Waals surface area contributed by atoms with E-state index in [1.807, 2.05) is 18.2 Å². The summed E-state index contributed by atoms with van der Waals surface area (Å²) in [5.41, 5.74) is 0.816. The fourth-order valence-electron chi connectivity index (χ4n) is 2.69. The van der Waals surface area contributed by atoms with Gasteiger partial charge >= 0.3 is 0 Å². The van der Waals surface area contributed by atoms with Crippen LogP contribution in [0.15, 0.2) is 27.1 Å². The zero-order chi connectivity index (χ0) is 13.3. The molecule has 98 valence electrons. The van der Waals surface area contributed by atoms with Crippen molar-refractivity contribution in [2.45, 2.75) is 33.1 Å². The molecular weight excluding hydrogens is 356 g/mol. The van der Waals surface area contributed by atoms with Crippen LogP contribution in [0.5, 0.6) is 0 Å². The number of rotatable bonds is 2. The summed E-state index contributed by atoms with van der Waals surface area (Å²) in [6, 6.07) is 5.81. The van der Waals surface area contributed by atoms with Crippen molar-refractivity contribution in [3.63, 3.8) is 0 Å². The molecule has 0 amide bonds. The zero-order valence-electron chi connectivity index (χ0n) is 10.7. The Morgan fingerprint density at radius 1 is 1.17 bits per heavy atom. The number of halogens is 2. The molecule has 0 heterocycles. The lowest BCUT2D eigenvalue weighted by Gasteiger charge is -2.31. The smallest absolute Gasteiger partial charge is 0.167 e. The molecule has 0 bridgehead atoms. The molecule has 0 spiro atoms. The summed E-state index contributed by atoms with van der Waals surface area (Å²) < 4.78 is 1.87. The van der Waals surface area contributed by atoms with Crippen LogP contribution in [0.25, 0.3) is 0 Å². The second-order valence-electron chi connectivity index (χ2n) is 5.45. The summed E-state index contributed by atoms with van der Waals surface area (Å²) in [6.45, 7) is 4.56. The Hall–Kier alpha value is -0.150. The van der Waals surface area contributed by atoms with Crippen LogP contribution < -0.4 is 0 Å². The Balaban J connectivity index is 2.19. The van der Waals surface area contributed by atoms with Crippen molar-refractivity contribution in [2.24, 2.45) is 17.8 Å². The molecule has 1 aromatic carbocycles. The highest BCUT2D eigenvalue weighted by Gasteiger charge is 2.30. The van der Waals surface area contributed by atoms with E-state index in [1.165, 1.54) is 6.42 Å². The van der Waals surface area contributed by atoms with Gasteiger partial charge in [-0.1, -0.05) is 45.7 Å². The molecule has 1 aliphatic rings. The number of carbonyl (C=O) groups excluding carboxylic acids is 1. The van der Waals surface area contributed by atoms with Crippen molar-refractivity contribution >= 4 is 37.6 Å². The predicted octanol–water partition coefficient (Wildman–Crippen LogP) is 5.47. The summed E-state index contributed by atoms with van der Waals surface area (Å²) in [4.78, 5) is 12.6. The van der Waals surface area contributed by atoms with E-state index in [-0.39, 0.29) is 5.92 Å². The normalized spacial score (nSPS) is 28.1. The van der Waals surface area contributed by atoms with Gasteiger partial charge in [0.15, 0.2) is 5.78 Å². The Morgan fingerprint density at radius 3 is 2.56 bits per heavy atom. The summed E-state index contributed by atoms with van der Waals surface area (Å²) in [7, 11) is 0. The van der Waals surface area contributed by atoms with E-state index < -0.39 is 0 Å². The molecule has 1 aliphatic carbocycles. The first-order chi connectivity index (χ1) is 8.49. The third kappa shape index (κ3) is 3.05. The highest BCUT2D eigenvalue weighted by atomic mass is 79.9. The highest BCUT2D eigenvalue weighted by molar-refractivity contribution is 9.11. The molecule has 1 saturated carbocycles. The monoisotopic (exact) mass is 372 g/mol. The van der Waals surface area contributed by atoms with Crippen LogP contribution in [0.3, 0.4) is 0 Å². The van der Waals surface area contributed by atoms with E-state index in [0.717, 1.165) is 33.3 Å². The van der Waals surface area contributed by atoms with E-state index in [9.17, 15) is 4.79 Å². The maximum atomic E-state index is 12.6. The van der Waals surface area contributed by atoms with Crippen LogP contribution in [0, 0.1) is 17.8 Å². The van der Waals surface area contributed by atoms with Gasteiger partial charge in [-0.3, -0.25) is 4.79 Å². The minimum Gasteiger partial charge on any atom is -0.294 e. The summed E-state index contributed by atoms with van der Waals surface area (Å²) >= 11 is 6.92. The van der Waals surface area contributed by atoms with Crippen molar-refractivity contribution in [3.05, 3.63) is 32.7 Å². The average molecular weight is 374 g/mol. The van der Waals surface area contributed by atoms with Gasteiger partial charge in [0.1, 0.15) is 0 Å². The molecule has 2 rings (SSSR count). The number of carbonyl (C=O) groups is 1. The van der Waals surface area contributed by atoms with Gasteiger partial charge in [-0.15, -0.1) is 0 Å². The molecule has 1 aromatic rings. The van der Waals surface area contributed by atoms with Gasteiger partial charge < -0.3 is 0 Å². The molecular formula is C15H18Br2O. The van der Waals surface area contributed by atoms with Crippen molar-refractivity contribution in [1.29, 1.82) is 0 Å². The number of benzene rings is 1. The molecule has 18 heavy (non-hydrogen) atoms. The molecule has 0 radical (unpaired) electrons. The van der Waals surface area contributed by atoms with Crippen LogP contribution in [-0.4, -0.2) is 5.78 Å². The molecule has 0 aliphatic heterocycles. The third-order valence-corrected chi connectivity index (χ3v) is 5.35. The van der Waals surface area contributed by atoms with Crippen molar-refractivity contribution < 1.29 is 4.79 Å². The van der Waals surface area contributed by atoms with Crippen molar-refractivity contribution in [3.8, 4) is 0 Å². The first-order valence-corrected chi connectivity index (χ1v) is 8.07. The van der Waals surface area contributed by atoms with Crippen LogP contribution >= 0.6 is 31.9 Å². The van der Waals surface area contributed by atoms with E-state index in [0.29, 0.717) is 11.7 Å². The largest absolute Gasteiger partial charge is 0.294 e.